The van der Waals surface area contributed by atoms with Crippen molar-refractivity contribution in [1.82, 2.24) is 19.9 Å². The summed E-state index contributed by atoms with van der Waals surface area (Å²) in [4.78, 5) is 16.9. The van der Waals surface area contributed by atoms with E-state index >= 15 is 0 Å². The fourth-order valence-corrected chi connectivity index (χ4v) is 2.00. The van der Waals surface area contributed by atoms with Gasteiger partial charge in [0.25, 0.3) is 0 Å². The lowest BCUT2D eigenvalue weighted by Crippen LogP contribution is -2.09. The Balaban J connectivity index is 2.07. The number of halogens is 1. The van der Waals surface area contributed by atoms with Crippen molar-refractivity contribution in [3.05, 3.63) is 36.3 Å². The molecule has 2 N–H and O–H groups in total. The van der Waals surface area contributed by atoms with Crippen molar-refractivity contribution in [2.75, 3.05) is 12.3 Å². The molecule has 0 spiro atoms. The van der Waals surface area contributed by atoms with E-state index < -0.39 is 0 Å². The molecule has 2 heterocycles. The molecule has 0 saturated heterocycles. The predicted molar refractivity (Wildman–Crippen MR) is 85.3 cm³/mol. The lowest BCUT2D eigenvalue weighted by molar-refractivity contribution is 0.264. The van der Waals surface area contributed by atoms with Crippen LogP contribution in [-0.2, 0) is 0 Å². The zero-order valence-corrected chi connectivity index (χ0v) is 12.8. The minimum absolute atomic E-state index is 0.0834. The molecule has 3 rings (SSSR count). The second-order valence-corrected chi connectivity index (χ2v) is 5.53. The lowest BCUT2D eigenvalue weighted by atomic mass is 10.1. The number of aromatic nitrogens is 4. The predicted octanol–water partition coefficient (Wildman–Crippen LogP) is 2.84. The molecule has 0 radical (unpaired) electrons. The van der Waals surface area contributed by atoms with Gasteiger partial charge in [-0.1, -0.05) is 13.8 Å². The van der Waals surface area contributed by atoms with E-state index in [1.54, 1.807) is 18.3 Å². The Bertz CT molecular complexity index is 836. The number of hydrogen-bond donors (Lipinski definition) is 1. The van der Waals surface area contributed by atoms with Gasteiger partial charge in [-0.05, 0) is 30.2 Å². The van der Waals surface area contributed by atoms with Crippen molar-refractivity contribution in [2.24, 2.45) is 5.92 Å². The average molecular weight is 313 g/mol. The quantitative estimate of drug-likeness (QED) is 0.797. The van der Waals surface area contributed by atoms with Crippen LogP contribution in [0.5, 0.6) is 5.88 Å². The number of anilines is 1. The minimum atomic E-state index is -0.306. The van der Waals surface area contributed by atoms with Gasteiger partial charge < -0.3 is 10.5 Å². The van der Waals surface area contributed by atoms with Gasteiger partial charge in [0.15, 0.2) is 11.2 Å². The summed E-state index contributed by atoms with van der Waals surface area (Å²) >= 11 is 0. The Morgan fingerprint density at radius 1 is 1.13 bits per heavy atom. The van der Waals surface area contributed by atoms with Gasteiger partial charge in [-0.3, -0.25) is 0 Å². The van der Waals surface area contributed by atoms with Crippen LogP contribution in [0.4, 0.5) is 10.3 Å². The molecule has 0 fully saturated rings. The molecule has 0 atom stereocenters. The number of nitrogens with zero attached hydrogens (tertiary/aromatic N) is 4. The van der Waals surface area contributed by atoms with E-state index in [1.165, 1.54) is 12.1 Å². The second-order valence-electron chi connectivity index (χ2n) is 5.53. The standard InChI is InChI=1S/C16H16FN5O/c1-9(2)8-23-15-13-14(21-16(18)22-15)19-7-12(20-13)10-3-5-11(17)6-4-10/h3-7,9H,8H2,1-2H3,(H2,18,19,21,22). The Labute approximate surface area is 132 Å². The van der Waals surface area contributed by atoms with E-state index in [-0.39, 0.29) is 11.8 Å². The van der Waals surface area contributed by atoms with Gasteiger partial charge >= 0.3 is 0 Å². The summed E-state index contributed by atoms with van der Waals surface area (Å²) in [6.07, 6.45) is 1.56. The zero-order valence-electron chi connectivity index (χ0n) is 12.8. The maximum absolute atomic E-state index is 13.1. The second kappa shape index (κ2) is 6.12. The molecule has 0 unspecified atom stereocenters. The van der Waals surface area contributed by atoms with Crippen LogP contribution < -0.4 is 10.5 Å². The van der Waals surface area contributed by atoms with Crippen molar-refractivity contribution in [1.29, 1.82) is 0 Å². The highest BCUT2D eigenvalue weighted by atomic mass is 19.1. The third-order valence-corrected chi connectivity index (χ3v) is 3.09. The smallest absolute Gasteiger partial charge is 0.247 e. The molecule has 118 valence electrons. The first kappa shape index (κ1) is 15.1. The summed E-state index contributed by atoms with van der Waals surface area (Å²) in [7, 11) is 0. The van der Waals surface area contributed by atoms with Gasteiger partial charge in [0.05, 0.1) is 18.5 Å². The number of fused-ring (bicyclic) bond motifs is 1. The third-order valence-electron chi connectivity index (χ3n) is 3.09. The topological polar surface area (TPSA) is 86.8 Å². The highest BCUT2D eigenvalue weighted by Gasteiger charge is 2.13. The van der Waals surface area contributed by atoms with Crippen LogP contribution >= 0.6 is 0 Å². The molecule has 0 amide bonds. The van der Waals surface area contributed by atoms with Gasteiger partial charge in [0.1, 0.15) is 5.82 Å². The van der Waals surface area contributed by atoms with E-state index in [0.29, 0.717) is 35.3 Å². The number of nitrogens with two attached hydrogens (primary N) is 1. The maximum Gasteiger partial charge on any atom is 0.247 e. The first-order chi connectivity index (χ1) is 11.0. The monoisotopic (exact) mass is 313 g/mol. The molecule has 0 aliphatic carbocycles. The molecule has 0 aliphatic heterocycles. The molecule has 0 bridgehead atoms. The van der Waals surface area contributed by atoms with E-state index in [9.17, 15) is 4.39 Å². The Kier molecular flexibility index (Phi) is 4.01. The molecule has 3 aromatic rings. The van der Waals surface area contributed by atoms with E-state index in [1.807, 2.05) is 13.8 Å². The van der Waals surface area contributed by atoms with Crippen LogP contribution in [0.1, 0.15) is 13.8 Å². The van der Waals surface area contributed by atoms with E-state index in [2.05, 4.69) is 19.9 Å². The van der Waals surface area contributed by atoms with Gasteiger partial charge in [-0.2, -0.15) is 9.97 Å². The van der Waals surface area contributed by atoms with Gasteiger partial charge in [-0.25, -0.2) is 14.4 Å². The molecule has 1 aromatic carbocycles. The molecule has 2 aromatic heterocycles. The first-order valence-corrected chi connectivity index (χ1v) is 7.22. The maximum atomic E-state index is 13.1. The van der Waals surface area contributed by atoms with Crippen LogP contribution in [0, 0.1) is 11.7 Å². The normalized spacial score (nSPS) is 11.1. The summed E-state index contributed by atoms with van der Waals surface area (Å²) in [6, 6.07) is 6.02. The molecule has 0 saturated carbocycles. The summed E-state index contributed by atoms with van der Waals surface area (Å²) < 4.78 is 18.7. The van der Waals surface area contributed by atoms with Crippen molar-refractivity contribution in [3.8, 4) is 17.1 Å². The van der Waals surface area contributed by atoms with E-state index in [0.717, 1.165) is 5.56 Å². The third kappa shape index (κ3) is 3.33. The van der Waals surface area contributed by atoms with Crippen LogP contribution in [0.25, 0.3) is 22.4 Å². The summed E-state index contributed by atoms with van der Waals surface area (Å²) in [5, 5.41) is 0. The van der Waals surface area contributed by atoms with Crippen molar-refractivity contribution in [3.63, 3.8) is 0 Å². The average Bonchev–Trinajstić information content (AvgIpc) is 2.53. The number of ether oxygens (including phenoxy) is 1. The van der Waals surface area contributed by atoms with Gasteiger partial charge in [-0.15, -0.1) is 0 Å². The molecule has 6 nitrogen and oxygen atoms in total. The highest BCUT2D eigenvalue weighted by Crippen LogP contribution is 2.24. The first-order valence-electron chi connectivity index (χ1n) is 7.22. The fraction of sp³-hybridized carbons (Fsp3) is 0.250. The Morgan fingerprint density at radius 3 is 2.57 bits per heavy atom. The van der Waals surface area contributed by atoms with E-state index in [4.69, 9.17) is 10.5 Å². The van der Waals surface area contributed by atoms with Crippen LogP contribution in [0.15, 0.2) is 30.5 Å². The number of rotatable bonds is 4. The van der Waals surface area contributed by atoms with Crippen molar-refractivity contribution >= 4 is 17.1 Å². The van der Waals surface area contributed by atoms with Crippen LogP contribution in [0.3, 0.4) is 0 Å². The largest absolute Gasteiger partial charge is 0.476 e. The molecule has 23 heavy (non-hydrogen) atoms. The van der Waals surface area contributed by atoms with Crippen molar-refractivity contribution < 1.29 is 9.13 Å². The molecular weight excluding hydrogens is 297 g/mol. The number of hydrogen-bond acceptors (Lipinski definition) is 6. The Morgan fingerprint density at radius 2 is 1.87 bits per heavy atom. The molecule has 7 heteroatoms. The Hall–Kier alpha value is -2.83. The fourth-order valence-electron chi connectivity index (χ4n) is 2.00. The number of nitrogen functional groups attached to an aromatic ring is 1. The summed E-state index contributed by atoms with van der Waals surface area (Å²) in [5.74, 6) is 0.409. The molecule has 0 aliphatic rings. The summed E-state index contributed by atoms with van der Waals surface area (Å²) in [6.45, 7) is 4.54. The van der Waals surface area contributed by atoms with Gasteiger partial charge in [0, 0.05) is 5.56 Å². The summed E-state index contributed by atoms with van der Waals surface area (Å²) in [5.41, 5.74) is 7.81. The highest BCUT2D eigenvalue weighted by molar-refractivity contribution is 5.79. The molecular formula is C16H16FN5O. The van der Waals surface area contributed by atoms with Crippen LogP contribution in [0.2, 0.25) is 0 Å². The zero-order chi connectivity index (χ0) is 16.4. The number of benzene rings is 1. The minimum Gasteiger partial charge on any atom is -0.476 e. The van der Waals surface area contributed by atoms with Crippen molar-refractivity contribution in [2.45, 2.75) is 13.8 Å². The SMILES string of the molecule is CC(C)COc1nc(N)nc2ncc(-c3ccc(F)cc3)nc12. The van der Waals surface area contributed by atoms with Crippen LogP contribution in [-0.4, -0.2) is 26.5 Å². The lowest BCUT2D eigenvalue weighted by Gasteiger charge is -2.10. The van der Waals surface area contributed by atoms with Gasteiger partial charge in [0.2, 0.25) is 11.8 Å².